The van der Waals surface area contributed by atoms with Gasteiger partial charge >= 0.3 is 0 Å². The van der Waals surface area contributed by atoms with E-state index in [0.29, 0.717) is 57.4 Å². The summed E-state index contributed by atoms with van der Waals surface area (Å²) in [6.07, 6.45) is 2.67. The predicted molar refractivity (Wildman–Crippen MR) is 170 cm³/mol. The number of likely N-dealkylation sites (tertiary alicyclic amines) is 1. The maximum Gasteiger partial charge on any atom is 0.248 e. The highest BCUT2D eigenvalue weighted by molar-refractivity contribution is 6.03. The molecule has 2 aliphatic rings. The van der Waals surface area contributed by atoms with Crippen molar-refractivity contribution in [3.8, 4) is 0 Å². The predicted octanol–water partition coefficient (Wildman–Crippen LogP) is 4.71. The van der Waals surface area contributed by atoms with E-state index in [1.165, 1.54) is 17.0 Å². The number of benzene rings is 2. The standard InChI is InChI=1S/C35H48F2N4O4/c1-22-15-31(43)41(34(22)45)14-12-39-27-8-5-7-23(17-27)16-24-18-25(28-20-26(36)9-10-30(28)37)19-29(24)33(35(2,3)4)40(13-6-11-38)32(44)21-42/h5,7-10,17,20,22,24-25,29,33,39,42H,6,11-16,18-19,21,38H2,1-4H3/t22?,24?,25?,29?,33-/m0/s1. The monoisotopic (exact) mass is 626 g/mol. The van der Waals surface area contributed by atoms with Gasteiger partial charge in [-0.15, -0.1) is 0 Å². The number of nitrogens with zero attached hydrogens (tertiary/aromatic N) is 2. The molecule has 2 fully saturated rings. The maximum absolute atomic E-state index is 15.1. The zero-order chi connectivity index (χ0) is 32.9. The second kappa shape index (κ2) is 14.8. The van der Waals surface area contributed by atoms with Crippen LogP contribution in [0.4, 0.5) is 14.5 Å². The molecule has 1 aliphatic heterocycles. The lowest BCUT2D eigenvalue weighted by Gasteiger charge is -2.46. The summed E-state index contributed by atoms with van der Waals surface area (Å²) in [5.41, 5.74) is 7.71. The van der Waals surface area contributed by atoms with Gasteiger partial charge in [0, 0.05) is 43.7 Å². The molecule has 1 saturated heterocycles. The molecule has 8 nitrogen and oxygen atoms in total. The minimum Gasteiger partial charge on any atom is -0.387 e. The molecule has 2 aromatic carbocycles. The van der Waals surface area contributed by atoms with Gasteiger partial charge in [-0.1, -0.05) is 39.8 Å². The number of hydrogen-bond acceptors (Lipinski definition) is 6. The van der Waals surface area contributed by atoms with Crippen LogP contribution in [0.5, 0.6) is 0 Å². The minimum atomic E-state index is -0.613. The lowest BCUT2D eigenvalue weighted by molar-refractivity contribution is -0.142. The molecule has 2 aromatic rings. The number of amides is 3. The van der Waals surface area contributed by atoms with Crippen LogP contribution < -0.4 is 11.1 Å². The first-order valence-corrected chi connectivity index (χ1v) is 16.1. The third-order valence-electron chi connectivity index (χ3n) is 9.39. The first-order chi connectivity index (χ1) is 21.3. The number of imide groups is 1. The number of nitrogens with two attached hydrogens (primary N) is 1. The summed E-state index contributed by atoms with van der Waals surface area (Å²) in [7, 11) is 0. The molecule has 1 heterocycles. The van der Waals surface area contributed by atoms with Gasteiger partial charge in [-0.25, -0.2) is 8.78 Å². The Balaban J connectivity index is 1.60. The average Bonchev–Trinajstić information content (AvgIpc) is 3.49. The summed E-state index contributed by atoms with van der Waals surface area (Å²) < 4.78 is 29.4. The summed E-state index contributed by atoms with van der Waals surface area (Å²) in [4.78, 5) is 40.7. The molecule has 0 aromatic heterocycles. The van der Waals surface area contributed by atoms with Crippen LogP contribution in [0, 0.1) is 34.8 Å². The van der Waals surface area contributed by atoms with E-state index < -0.39 is 18.2 Å². The van der Waals surface area contributed by atoms with E-state index in [-0.39, 0.29) is 59.3 Å². The van der Waals surface area contributed by atoms with Gasteiger partial charge in [0.1, 0.15) is 18.2 Å². The second-order valence-electron chi connectivity index (χ2n) is 13.8. The average molecular weight is 627 g/mol. The quantitative estimate of drug-likeness (QED) is 0.278. The van der Waals surface area contributed by atoms with Crippen LogP contribution in [-0.4, -0.2) is 71.5 Å². The minimum absolute atomic E-state index is 0.0327. The van der Waals surface area contributed by atoms with Gasteiger partial charge in [0.2, 0.25) is 17.7 Å². The largest absolute Gasteiger partial charge is 0.387 e. The van der Waals surface area contributed by atoms with Crippen LogP contribution in [0.2, 0.25) is 0 Å². The fraction of sp³-hybridized carbons (Fsp3) is 0.571. The van der Waals surface area contributed by atoms with Crippen molar-refractivity contribution in [3.63, 3.8) is 0 Å². The van der Waals surface area contributed by atoms with Crippen molar-refractivity contribution in [1.82, 2.24) is 9.80 Å². The molecular weight excluding hydrogens is 578 g/mol. The Hall–Kier alpha value is -3.37. The fourth-order valence-corrected chi connectivity index (χ4v) is 7.48. The Bertz CT molecular complexity index is 1360. The number of rotatable bonds is 13. The smallest absolute Gasteiger partial charge is 0.248 e. The van der Waals surface area contributed by atoms with E-state index in [1.54, 1.807) is 11.8 Å². The van der Waals surface area contributed by atoms with Crippen molar-refractivity contribution in [2.75, 3.05) is 38.1 Å². The molecule has 5 atom stereocenters. The molecule has 246 valence electrons. The van der Waals surface area contributed by atoms with Gasteiger partial charge in [0.05, 0.1) is 0 Å². The third kappa shape index (κ3) is 8.27. The van der Waals surface area contributed by atoms with Crippen LogP contribution in [0.15, 0.2) is 42.5 Å². The van der Waals surface area contributed by atoms with Crippen molar-refractivity contribution < 1.29 is 28.3 Å². The molecule has 0 radical (unpaired) electrons. The summed E-state index contributed by atoms with van der Waals surface area (Å²) in [5.74, 6) is -2.10. The van der Waals surface area contributed by atoms with Crippen molar-refractivity contribution in [3.05, 3.63) is 65.2 Å². The van der Waals surface area contributed by atoms with E-state index in [1.807, 2.05) is 24.3 Å². The van der Waals surface area contributed by atoms with Gasteiger partial charge in [-0.3, -0.25) is 19.3 Å². The van der Waals surface area contributed by atoms with Crippen LogP contribution in [-0.2, 0) is 20.8 Å². The molecule has 45 heavy (non-hydrogen) atoms. The number of carbonyl (C=O) groups is 3. The first-order valence-electron chi connectivity index (χ1n) is 16.1. The van der Waals surface area contributed by atoms with Crippen LogP contribution in [0.25, 0.3) is 0 Å². The summed E-state index contributed by atoms with van der Waals surface area (Å²) >= 11 is 0. The third-order valence-corrected chi connectivity index (χ3v) is 9.39. The van der Waals surface area contributed by atoms with E-state index in [4.69, 9.17) is 5.73 Å². The molecule has 10 heteroatoms. The molecule has 1 aliphatic carbocycles. The topological polar surface area (TPSA) is 116 Å². The lowest BCUT2D eigenvalue weighted by atomic mass is 9.72. The fourth-order valence-electron chi connectivity index (χ4n) is 7.48. The molecular formula is C35H48F2N4O4. The molecule has 4 N–H and O–H groups in total. The second-order valence-corrected chi connectivity index (χ2v) is 13.8. The van der Waals surface area contributed by atoms with E-state index in [0.717, 1.165) is 17.3 Å². The van der Waals surface area contributed by atoms with Crippen LogP contribution in [0.3, 0.4) is 0 Å². The molecule has 0 spiro atoms. The highest BCUT2D eigenvalue weighted by Gasteiger charge is 2.47. The van der Waals surface area contributed by atoms with Gasteiger partial charge in [-0.2, -0.15) is 0 Å². The van der Waals surface area contributed by atoms with Crippen molar-refractivity contribution in [2.24, 2.45) is 28.9 Å². The summed E-state index contributed by atoms with van der Waals surface area (Å²) in [6, 6.07) is 11.3. The van der Waals surface area contributed by atoms with Crippen molar-refractivity contribution in [1.29, 1.82) is 0 Å². The molecule has 1 saturated carbocycles. The van der Waals surface area contributed by atoms with Gasteiger partial charge in [0.15, 0.2) is 0 Å². The van der Waals surface area contributed by atoms with Gasteiger partial charge < -0.3 is 21.1 Å². The number of hydrogen-bond donors (Lipinski definition) is 3. The number of halogens is 2. The molecule has 4 unspecified atom stereocenters. The number of carbonyl (C=O) groups excluding carboxylic acids is 3. The SMILES string of the molecule is CC1CC(=O)N(CCNc2cccc(CC3CC(c4cc(F)ccc4F)CC3[C@H](N(CCCN)C(=O)CO)C(C)(C)C)c2)C1=O. The Kier molecular flexibility index (Phi) is 11.4. The Morgan fingerprint density at radius 2 is 1.91 bits per heavy atom. The van der Waals surface area contributed by atoms with Crippen LogP contribution in [0.1, 0.15) is 70.4 Å². The van der Waals surface area contributed by atoms with E-state index in [9.17, 15) is 23.9 Å². The van der Waals surface area contributed by atoms with Gasteiger partial charge in [-0.05, 0) is 96.9 Å². The maximum atomic E-state index is 15.1. The summed E-state index contributed by atoms with van der Waals surface area (Å²) in [5, 5.41) is 13.2. The van der Waals surface area contributed by atoms with E-state index >= 15 is 4.39 Å². The Morgan fingerprint density at radius 3 is 2.56 bits per heavy atom. The van der Waals surface area contributed by atoms with E-state index in [2.05, 4.69) is 26.1 Å². The number of nitrogens with one attached hydrogen (secondary N) is 1. The normalized spacial score (nSPS) is 22.6. The highest BCUT2D eigenvalue weighted by Crippen LogP contribution is 2.50. The van der Waals surface area contributed by atoms with Crippen molar-refractivity contribution in [2.45, 2.75) is 71.8 Å². The lowest BCUT2D eigenvalue weighted by Crippen LogP contribution is -2.54. The summed E-state index contributed by atoms with van der Waals surface area (Å²) in [6.45, 7) is 8.90. The number of aliphatic hydroxyl groups is 1. The first kappa shape index (κ1) is 34.5. The van der Waals surface area contributed by atoms with Gasteiger partial charge in [0.25, 0.3) is 0 Å². The Morgan fingerprint density at radius 1 is 1.16 bits per heavy atom. The molecule has 3 amide bonds. The zero-order valence-corrected chi connectivity index (χ0v) is 26.9. The zero-order valence-electron chi connectivity index (χ0n) is 26.9. The molecule has 4 rings (SSSR count). The number of anilines is 1. The van der Waals surface area contributed by atoms with Crippen molar-refractivity contribution >= 4 is 23.4 Å². The highest BCUT2D eigenvalue weighted by atomic mass is 19.1. The molecule has 0 bridgehead atoms. The Labute approximate surface area is 265 Å². The van der Waals surface area contributed by atoms with Crippen LogP contribution >= 0.6 is 0 Å². The number of aliphatic hydroxyl groups excluding tert-OH is 1.